The molecule has 116 valence electrons. The van der Waals surface area contributed by atoms with Crippen LogP contribution >= 0.6 is 11.3 Å². The standard InChI is InChI=1S/C18H23N3S/c1-13-8-10-21(11-9-13)18-7-5-4-6-16(18)19-14(2)17-12-22-15(3)20-17/h4-7,12-13,19H,2,8-11H2,1,3H3. The number of nitrogens with one attached hydrogen (secondary N) is 1. The van der Waals surface area contributed by atoms with Crippen LogP contribution in [0.25, 0.3) is 5.70 Å². The zero-order valence-electron chi connectivity index (χ0n) is 13.3. The highest BCUT2D eigenvalue weighted by Gasteiger charge is 2.18. The zero-order valence-corrected chi connectivity index (χ0v) is 14.1. The molecule has 22 heavy (non-hydrogen) atoms. The average Bonchev–Trinajstić information content (AvgIpc) is 2.95. The molecule has 0 amide bonds. The van der Waals surface area contributed by atoms with Crippen LogP contribution in [0.5, 0.6) is 0 Å². The molecule has 1 fully saturated rings. The van der Waals surface area contributed by atoms with E-state index in [-0.39, 0.29) is 0 Å². The summed E-state index contributed by atoms with van der Waals surface area (Å²) in [4.78, 5) is 6.98. The lowest BCUT2D eigenvalue weighted by atomic mass is 9.98. The molecule has 1 aliphatic rings. The first-order valence-corrected chi connectivity index (χ1v) is 8.74. The lowest BCUT2D eigenvalue weighted by Gasteiger charge is -2.33. The Bertz CT molecular complexity index is 654. The average molecular weight is 313 g/mol. The Balaban J connectivity index is 1.78. The number of aromatic nitrogens is 1. The first kappa shape index (κ1) is 15.1. The number of benzene rings is 1. The molecule has 4 heteroatoms. The summed E-state index contributed by atoms with van der Waals surface area (Å²) in [5, 5.41) is 6.57. The van der Waals surface area contributed by atoms with Gasteiger partial charge in [0.15, 0.2) is 0 Å². The van der Waals surface area contributed by atoms with Gasteiger partial charge in [0.25, 0.3) is 0 Å². The highest BCUT2D eigenvalue weighted by molar-refractivity contribution is 7.09. The number of piperidine rings is 1. The maximum absolute atomic E-state index is 4.50. The molecule has 0 unspecified atom stereocenters. The molecule has 0 bridgehead atoms. The van der Waals surface area contributed by atoms with Crippen molar-refractivity contribution in [1.82, 2.24) is 4.98 Å². The van der Waals surface area contributed by atoms with Gasteiger partial charge in [-0.1, -0.05) is 25.6 Å². The molecular weight excluding hydrogens is 290 g/mol. The van der Waals surface area contributed by atoms with Crippen LogP contribution in [0.2, 0.25) is 0 Å². The van der Waals surface area contributed by atoms with E-state index in [0.29, 0.717) is 0 Å². The Morgan fingerprint density at radius 3 is 2.73 bits per heavy atom. The lowest BCUT2D eigenvalue weighted by molar-refractivity contribution is 0.438. The Labute approximate surface area is 136 Å². The molecule has 0 radical (unpaired) electrons. The molecule has 2 heterocycles. The van der Waals surface area contributed by atoms with E-state index in [1.54, 1.807) is 11.3 Å². The summed E-state index contributed by atoms with van der Waals surface area (Å²) in [5.41, 5.74) is 4.18. The van der Waals surface area contributed by atoms with Gasteiger partial charge in [-0.15, -0.1) is 11.3 Å². The second kappa shape index (κ2) is 6.53. The number of hydrogen-bond acceptors (Lipinski definition) is 4. The van der Waals surface area contributed by atoms with Crippen LogP contribution in [0.3, 0.4) is 0 Å². The number of para-hydroxylation sites is 2. The van der Waals surface area contributed by atoms with Gasteiger partial charge in [0.05, 0.1) is 27.8 Å². The Morgan fingerprint density at radius 2 is 2.05 bits per heavy atom. The summed E-state index contributed by atoms with van der Waals surface area (Å²) in [5.74, 6) is 0.837. The summed E-state index contributed by atoms with van der Waals surface area (Å²) in [6.07, 6.45) is 2.53. The molecular formula is C18H23N3S. The van der Waals surface area contributed by atoms with Crippen molar-refractivity contribution in [1.29, 1.82) is 0 Å². The van der Waals surface area contributed by atoms with Gasteiger partial charge in [0, 0.05) is 18.5 Å². The van der Waals surface area contributed by atoms with Crippen molar-refractivity contribution in [3.05, 3.63) is 46.9 Å². The normalized spacial score (nSPS) is 15.8. The minimum Gasteiger partial charge on any atom is -0.370 e. The fourth-order valence-electron chi connectivity index (χ4n) is 2.83. The molecule has 0 atom stereocenters. The van der Waals surface area contributed by atoms with Crippen molar-refractivity contribution in [2.45, 2.75) is 26.7 Å². The quantitative estimate of drug-likeness (QED) is 0.881. The monoisotopic (exact) mass is 313 g/mol. The van der Waals surface area contributed by atoms with Gasteiger partial charge in [0.2, 0.25) is 0 Å². The van der Waals surface area contributed by atoms with E-state index < -0.39 is 0 Å². The molecule has 1 aliphatic heterocycles. The second-order valence-corrected chi connectivity index (χ2v) is 7.10. The first-order valence-electron chi connectivity index (χ1n) is 7.86. The Morgan fingerprint density at radius 1 is 1.32 bits per heavy atom. The van der Waals surface area contributed by atoms with Crippen LogP contribution in [-0.2, 0) is 0 Å². The predicted octanol–water partition coefficient (Wildman–Crippen LogP) is 4.77. The fraction of sp³-hybridized carbons (Fsp3) is 0.389. The molecule has 0 saturated carbocycles. The second-order valence-electron chi connectivity index (χ2n) is 6.04. The Kier molecular flexibility index (Phi) is 4.48. The van der Waals surface area contributed by atoms with E-state index >= 15 is 0 Å². The number of anilines is 2. The van der Waals surface area contributed by atoms with Gasteiger partial charge in [-0.3, -0.25) is 0 Å². The minimum absolute atomic E-state index is 0.837. The highest BCUT2D eigenvalue weighted by atomic mass is 32.1. The van der Waals surface area contributed by atoms with Crippen molar-refractivity contribution in [2.24, 2.45) is 5.92 Å². The maximum atomic E-state index is 4.50. The first-order chi connectivity index (χ1) is 10.6. The fourth-order valence-corrected chi connectivity index (χ4v) is 3.46. The lowest BCUT2D eigenvalue weighted by Crippen LogP contribution is -2.33. The summed E-state index contributed by atoms with van der Waals surface area (Å²) >= 11 is 1.65. The maximum Gasteiger partial charge on any atom is 0.0970 e. The van der Waals surface area contributed by atoms with Crippen LogP contribution in [0, 0.1) is 12.8 Å². The molecule has 1 aromatic carbocycles. The van der Waals surface area contributed by atoms with Crippen molar-refractivity contribution in [3.8, 4) is 0 Å². The summed E-state index contributed by atoms with van der Waals surface area (Å²) in [6.45, 7) is 10.8. The van der Waals surface area contributed by atoms with E-state index in [1.807, 2.05) is 6.92 Å². The highest BCUT2D eigenvalue weighted by Crippen LogP contribution is 2.31. The number of hydrogen-bond donors (Lipinski definition) is 1. The SMILES string of the molecule is C=C(Nc1ccccc1N1CCC(C)CC1)c1csc(C)n1. The van der Waals surface area contributed by atoms with Crippen molar-refractivity contribution >= 4 is 28.4 Å². The third-order valence-corrected chi connectivity index (χ3v) is 5.02. The van der Waals surface area contributed by atoms with Gasteiger partial charge >= 0.3 is 0 Å². The molecule has 0 aliphatic carbocycles. The van der Waals surface area contributed by atoms with Crippen molar-refractivity contribution < 1.29 is 0 Å². The summed E-state index contributed by atoms with van der Waals surface area (Å²) < 4.78 is 0. The summed E-state index contributed by atoms with van der Waals surface area (Å²) in [6, 6.07) is 8.49. The third kappa shape index (κ3) is 3.33. The molecule has 1 saturated heterocycles. The number of rotatable bonds is 4. The summed E-state index contributed by atoms with van der Waals surface area (Å²) in [7, 11) is 0. The Hall–Kier alpha value is -1.81. The number of thiazole rings is 1. The van der Waals surface area contributed by atoms with Crippen LogP contribution < -0.4 is 10.2 Å². The molecule has 2 aromatic rings. The van der Waals surface area contributed by atoms with E-state index in [1.165, 1.54) is 18.5 Å². The molecule has 1 aromatic heterocycles. The van der Waals surface area contributed by atoms with Gasteiger partial charge in [-0.2, -0.15) is 0 Å². The van der Waals surface area contributed by atoms with E-state index in [0.717, 1.165) is 41.1 Å². The van der Waals surface area contributed by atoms with Gasteiger partial charge in [-0.25, -0.2) is 4.98 Å². The molecule has 0 spiro atoms. The van der Waals surface area contributed by atoms with E-state index in [2.05, 4.69) is 58.3 Å². The van der Waals surface area contributed by atoms with Crippen LogP contribution in [-0.4, -0.2) is 18.1 Å². The molecule has 1 N–H and O–H groups in total. The van der Waals surface area contributed by atoms with E-state index in [9.17, 15) is 0 Å². The van der Waals surface area contributed by atoms with Crippen LogP contribution in [0.4, 0.5) is 11.4 Å². The van der Waals surface area contributed by atoms with Gasteiger partial charge < -0.3 is 10.2 Å². The van der Waals surface area contributed by atoms with Crippen molar-refractivity contribution in [3.63, 3.8) is 0 Å². The molecule has 3 rings (SSSR count). The minimum atomic E-state index is 0.837. The topological polar surface area (TPSA) is 28.2 Å². The smallest absolute Gasteiger partial charge is 0.0970 e. The third-order valence-electron chi connectivity index (χ3n) is 4.24. The van der Waals surface area contributed by atoms with Gasteiger partial charge in [-0.05, 0) is 37.8 Å². The number of aryl methyl sites for hydroxylation is 1. The zero-order chi connectivity index (χ0) is 15.5. The van der Waals surface area contributed by atoms with Crippen LogP contribution in [0.15, 0.2) is 36.2 Å². The number of nitrogens with zero attached hydrogens (tertiary/aromatic N) is 2. The van der Waals surface area contributed by atoms with E-state index in [4.69, 9.17) is 0 Å². The van der Waals surface area contributed by atoms with Crippen LogP contribution in [0.1, 0.15) is 30.5 Å². The largest absolute Gasteiger partial charge is 0.370 e. The van der Waals surface area contributed by atoms with Gasteiger partial charge in [0.1, 0.15) is 0 Å². The van der Waals surface area contributed by atoms with Crippen molar-refractivity contribution in [2.75, 3.05) is 23.3 Å². The predicted molar refractivity (Wildman–Crippen MR) is 96.6 cm³/mol. The molecule has 3 nitrogen and oxygen atoms in total.